The Bertz CT molecular complexity index is 497. The highest BCUT2D eigenvalue weighted by atomic mass is 32.2. The molecule has 0 spiro atoms. The number of benzene rings is 1. The highest BCUT2D eigenvalue weighted by Crippen LogP contribution is 2.29. The summed E-state index contributed by atoms with van der Waals surface area (Å²) in [4.78, 5) is 4.73. The van der Waals surface area contributed by atoms with Crippen LogP contribution in [-0.2, 0) is 9.84 Å². The Morgan fingerprint density at radius 1 is 1.29 bits per heavy atom. The van der Waals surface area contributed by atoms with E-state index >= 15 is 0 Å². The molecule has 0 radical (unpaired) electrons. The molecule has 0 bridgehead atoms. The van der Waals surface area contributed by atoms with Crippen LogP contribution in [0.15, 0.2) is 29.2 Å². The third-order valence-electron chi connectivity index (χ3n) is 2.99. The van der Waals surface area contributed by atoms with Gasteiger partial charge in [0, 0.05) is 19.6 Å². The van der Waals surface area contributed by atoms with E-state index in [1.807, 2.05) is 26.2 Å². The van der Waals surface area contributed by atoms with E-state index < -0.39 is 9.84 Å². The van der Waals surface area contributed by atoms with Crippen molar-refractivity contribution in [3.63, 3.8) is 0 Å². The number of nitrogens with zero attached hydrogens (tertiary/aromatic N) is 2. The van der Waals surface area contributed by atoms with Gasteiger partial charge < -0.3 is 9.80 Å². The topological polar surface area (TPSA) is 40.6 Å². The zero-order valence-electron chi connectivity index (χ0n) is 10.3. The third-order valence-corrected chi connectivity index (χ3v) is 4.72. The highest BCUT2D eigenvalue weighted by molar-refractivity contribution is 7.91. The fraction of sp³-hybridized carbons (Fsp3) is 0.500. The number of likely N-dealkylation sites (N-methyl/N-ethyl adjacent to an activating group) is 1. The lowest BCUT2D eigenvalue weighted by Gasteiger charge is -2.31. The molecule has 0 atom stereocenters. The van der Waals surface area contributed by atoms with Crippen molar-refractivity contribution < 1.29 is 8.42 Å². The summed E-state index contributed by atoms with van der Waals surface area (Å²) in [5, 5.41) is 0. The van der Waals surface area contributed by atoms with Crippen LogP contribution >= 0.6 is 0 Å². The standard InChI is InChI=1S/C12H18N2O2S/c1-13(2)7-8-14-9-10-17(15,16)12-6-4-3-5-11(12)14/h3-6H,7-10H2,1-2H3. The molecule has 5 heteroatoms. The Labute approximate surface area is 103 Å². The summed E-state index contributed by atoms with van der Waals surface area (Å²) in [5.74, 6) is 0.220. The molecule has 0 saturated carbocycles. The van der Waals surface area contributed by atoms with Crippen LogP contribution in [0.25, 0.3) is 0 Å². The molecule has 1 aliphatic rings. The molecule has 94 valence electrons. The monoisotopic (exact) mass is 254 g/mol. The van der Waals surface area contributed by atoms with Gasteiger partial charge in [0.25, 0.3) is 0 Å². The van der Waals surface area contributed by atoms with Crippen LogP contribution in [0.4, 0.5) is 5.69 Å². The van der Waals surface area contributed by atoms with Gasteiger partial charge in [-0.3, -0.25) is 0 Å². The van der Waals surface area contributed by atoms with Crippen LogP contribution < -0.4 is 4.90 Å². The maximum atomic E-state index is 11.9. The number of rotatable bonds is 3. The van der Waals surface area contributed by atoms with Crippen LogP contribution in [-0.4, -0.2) is 52.8 Å². The smallest absolute Gasteiger partial charge is 0.182 e. The second-order valence-electron chi connectivity index (χ2n) is 4.58. The van der Waals surface area contributed by atoms with Gasteiger partial charge >= 0.3 is 0 Å². The zero-order valence-corrected chi connectivity index (χ0v) is 11.1. The van der Waals surface area contributed by atoms with Gasteiger partial charge in [0.05, 0.1) is 16.3 Å². The summed E-state index contributed by atoms with van der Waals surface area (Å²) in [6, 6.07) is 7.27. The van der Waals surface area contributed by atoms with Crippen molar-refractivity contribution in [1.82, 2.24) is 4.90 Å². The second kappa shape index (κ2) is 4.66. The van der Waals surface area contributed by atoms with Gasteiger partial charge in [-0.15, -0.1) is 0 Å². The quantitative estimate of drug-likeness (QED) is 0.801. The summed E-state index contributed by atoms with van der Waals surface area (Å²) < 4.78 is 23.8. The van der Waals surface area contributed by atoms with Crippen molar-refractivity contribution in [2.24, 2.45) is 0 Å². The number of para-hydroxylation sites is 1. The maximum absolute atomic E-state index is 11.9. The molecule has 0 aliphatic carbocycles. The molecule has 0 fully saturated rings. The Balaban J connectivity index is 2.29. The average Bonchev–Trinajstić information content (AvgIpc) is 2.28. The highest BCUT2D eigenvalue weighted by Gasteiger charge is 2.27. The predicted octanol–water partition coefficient (Wildman–Crippen LogP) is 0.842. The van der Waals surface area contributed by atoms with Crippen LogP contribution in [0.3, 0.4) is 0 Å². The molecule has 1 aliphatic heterocycles. The molecule has 17 heavy (non-hydrogen) atoms. The lowest BCUT2D eigenvalue weighted by molar-refractivity contribution is 0.413. The van der Waals surface area contributed by atoms with Gasteiger partial charge in [-0.1, -0.05) is 12.1 Å². The molecule has 1 heterocycles. The molecule has 4 nitrogen and oxygen atoms in total. The summed E-state index contributed by atoms with van der Waals surface area (Å²) in [5.41, 5.74) is 0.848. The summed E-state index contributed by atoms with van der Waals surface area (Å²) in [6.07, 6.45) is 0. The van der Waals surface area contributed by atoms with Crippen LogP contribution in [0.2, 0.25) is 0 Å². The van der Waals surface area contributed by atoms with Crippen molar-refractivity contribution in [3.8, 4) is 0 Å². The summed E-state index contributed by atoms with van der Waals surface area (Å²) in [6.45, 7) is 2.38. The summed E-state index contributed by atoms with van der Waals surface area (Å²) in [7, 11) is 0.972. The number of sulfone groups is 1. The maximum Gasteiger partial charge on any atom is 0.182 e. The molecular formula is C12H18N2O2S. The number of hydrogen-bond donors (Lipinski definition) is 0. The molecular weight excluding hydrogens is 236 g/mol. The van der Waals surface area contributed by atoms with Gasteiger partial charge in [0.15, 0.2) is 9.84 Å². The van der Waals surface area contributed by atoms with E-state index in [2.05, 4.69) is 9.80 Å². The van der Waals surface area contributed by atoms with E-state index in [1.165, 1.54) is 0 Å². The zero-order chi connectivity index (χ0) is 12.5. The van der Waals surface area contributed by atoms with Gasteiger partial charge in [-0.2, -0.15) is 0 Å². The van der Waals surface area contributed by atoms with E-state index in [0.29, 0.717) is 11.4 Å². The van der Waals surface area contributed by atoms with E-state index in [0.717, 1.165) is 18.8 Å². The fourth-order valence-corrected chi connectivity index (χ4v) is 3.48. The minimum Gasteiger partial charge on any atom is -0.368 e. The first-order valence-electron chi connectivity index (χ1n) is 5.72. The first-order chi connectivity index (χ1) is 8.00. The van der Waals surface area contributed by atoms with Gasteiger partial charge in [0.2, 0.25) is 0 Å². The Morgan fingerprint density at radius 2 is 2.00 bits per heavy atom. The third kappa shape index (κ3) is 2.61. The van der Waals surface area contributed by atoms with Crippen LogP contribution in [0.1, 0.15) is 0 Å². The number of fused-ring (bicyclic) bond motifs is 1. The largest absolute Gasteiger partial charge is 0.368 e. The van der Waals surface area contributed by atoms with E-state index in [9.17, 15) is 8.42 Å². The predicted molar refractivity (Wildman–Crippen MR) is 69.3 cm³/mol. The lowest BCUT2D eigenvalue weighted by Crippen LogP contribution is -2.39. The fourth-order valence-electron chi connectivity index (χ4n) is 2.00. The van der Waals surface area contributed by atoms with Crippen molar-refractivity contribution in [2.75, 3.05) is 44.4 Å². The molecule has 0 N–H and O–H groups in total. The van der Waals surface area contributed by atoms with Crippen LogP contribution in [0.5, 0.6) is 0 Å². The normalized spacial score (nSPS) is 18.2. The molecule has 0 saturated heterocycles. The Hall–Kier alpha value is -1.07. The molecule has 2 rings (SSSR count). The first kappa shape index (κ1) is 12.4. The summed E-state index contributed by atoms with van der Waals surface area (Å²) >= 11 is 0. The van der Waals surface area contributed by atoms with E-state index in [4.69, 9.17) is 0 Å². The van der Waals surface area contributed by atoms with Crippen LogP contribution in [0, 0.1) is 0 Å². The molecule has 1 aromatic carbocycles. The SMILES string of the molecule is CN(C)CCN1CCS(=O)(=O)c2ccccc21. The Kier molecular flexibility index (Phi) is 3.40. The van der Waals surface area contributed by atoms with Gasteiger partial charge in [0.1, 0.15) is 0 Å². The van der Waals surface area contributed by atoms with Gasteiger partial charge in [-0.05, 0) is 26.2 Å². The van der Waals surface area contributed by atoms with Crippen molar-refractivity contribution in [1.29, 1.82) is 0 Å². The molecule has 0 amide bonds. The minimum absolute atomic E-state index is 0.220. The van der Waals surface area contributed by atoms with E-state index in [1.54, 1.807) is 12.1 Å². The minimum atomic E-state index is -3.07. The van der Waals surface area contributed by atoms with Crippen molar-refractivity contribution in [2.45, 2.75) is 4.90 Å². The molecule has 0 unspecified atom stereocenters. The number of anilines is 1. The van der Waals surface area contributed by atoms with Crippen molar-refractivity contribution in [3.05, 3.63) is 24.3 Å². The average molecular weight is 254 g/mol. The number of hydrogen-bond acceptors (Lipinski definition) is 4. The lowest BCUT2D eigenvalue weighted by atomic mass is 10.2. The van der Waals surface area contributed by atoms with Gasteiger partial charge in [-0.25, -0.2) is 8.42 Å². The van der Waals surface area contributed by atoms with E-state index in [-0.39, 0.29) is 5.75 Å². The molecule has 0 aromatic heterocycles. The van der Waals surface area contributed by atoms with Crippen molar-refractivity contribution >= 4 is 15.5 Å². The Morgan fingerprint density at radius 3 is 2.71 bits per heavy atom. The second-order valence-corrected chi connectivity index (χ2v) is 6.65. The first-order valence-corrected chi connectivity index (χ1v) is 7.37. The molecule has 1 aromatic rings.